The van der Waals surface area contributed by atoms with E-state index >= 15 is 0 Å². The lowest BCUT2D eigenvalue weighted by molar-refractivity contribution is 0.292. The van der Waals surface area contributed by atoms with Gasteiger partial charge in [0.2, 0.25) is 0 Å². The molecule has 154 valence electrons. The third kappa shape index (κ3) is 5.27. The van der Waals surface area contributed by atoms with Gasteiger partial charge in [-0.2, -0.15) is 0 Å². The third-order valence-corrected chi connectivity index (χ3v) is 5.06. The van der Waals surface area contributed by atoms with Crippen molar-refractivity contribution in [3.8, 4) is 0 Å². The van der Waals surface area contributed by atoms with E-state index in [2.05, 4.69) is 59.6 Å². The highest BCUT2D eigenvalue weighted by Gasteiger charge is 2.31. The highest BCUT2D eigenvalue weighted by molar-refractivity contribution is 5.55. The average Bonchev–Trinajstić information content (AvgIpc) is 3.15. The lowest BCUT2D eigenvalue weighted by Gasteiger charge is -2.32. The van der Waals surface area contributed by atoms with Crippen LogP contribution in [0.1, 0.15) is 31.0 Å². The number of likely N-dealkylation sites (N-methyl/N-ethyl adjacent to an activating group) is 1. The van der Waals surface area contributed by atoms with Crippen LogP contribution < -0.4 is 10.6 Å². The van der Waals surface area contributed by atoms with E-state index in [9.17, 15) is 4.79 Å². The lowest BCUT2D eigenvalue weighted by atomic mass is 9.97. The molecule has 3 rings (SSSR count). The summed E-state index contributed by atoms with van der Waals surface area (Å²) in [5.41, 5.74) is 2.23. The van der Waals surface area contributed by atoms with Crippen molar-refractivity contribution < 1.29 is 10.3 Å². The molecule has 1 aliphatic rings. The Hall–Kier alpha value is -3.05. The van der Waals surface area contributed by atoms with Gasteiger partial charge in [0.05, 0.1) is 6.04 Å². The molecule has 0 fully saturated rings. The van der Waals surface area contributed by atoms with Crippen LogP contribution in [-0.4, -0.2) is 47.4 Å². The van der Waals surface area contributed by atoms with Gasteiger partial charge < -0.3 is 21.0 Å². The second-order valence-electron chi connectivity index (χ2n) is 6.67. The molecule has 2 aromatic rings. The molecule has 1 aliphatic heterocycles. The van der Waals surface area contributed by atoms with Gasteiger partial charge in [0.25, 0.3) is 0 Å². The Balaban J connectivity index is 0.00000300. The highest BCUT2D eigenvalue weighted by atomic mass is 16.1. The molecule has 0 atom stereocenters. The van der Waals surface area contributed by atoms with Gasteiger partial charge in [-0.25, -0.2) is 4.79 Å². The van der Waals surface area contributed by atoms with Crippen LogP contribution in [0.25, 0.3) is 0 Å². The van der Waals surface area contributed by atoms with Crippen LogP contribution in [0, 0.1) is 0 Å². The zero-order chi connectivity index (χ0) is 19.8. The van der Waals surface area contributed by atoms with E-state index in [4.69, 9.17) is 0 Å². The number of hydrogen-bond acceptors (Lipinski definition) is 5. The Morgan fingerprint density at radius 2 is 1.55 bits per heavy atom. The zero-order valence-electron chi connectivity index (χ0n) is 17.1. The Bertz CT molecular complexity index is 789. The fourth-order valence-corrected chi connectivity index (χ4v) is 3.52. The van der Waals surface area contributed by atoms with Crippen molar-refractivity contribution in [3.63, 3.8) is 0 Å². The molecule has 1 heterocycles. The normalized spacial score (nSPS) is 13.0. The fraction of sp³-hybridized carbons (Fsp3) is 0.304. The Morgan fingerprint density at radius 1 is 1.00 bits per heavy atom. The van der Waals surface area contributed by atoms with Gasteiger partial charge in [-0.1, -0.05) is 74.5 Å². The van der Waals surface area contributed by atoms with Gasteiger partial charge in [-0.15, -0.1) is 0 Å². The molecule has 0 aromatic heterocycles. The van der Waals surface area contributed by atoms with Gasteiger partial charge >= 0.3 is 0 Å². The first-order chi connectivity index (χ1) is 13.8. The Labute approximate surface area is 172 Å². The smallest absolute Gasteiger partial charge is 0.199 e. The van der Waals surface area contributed by atoms with E-state index in [0.717, 1.165) is 43.1 Å². The van der Waals surface area contributed by atoms with Crippen LogP contribution in [0.2, 0.25) is 0 Å². The van der Waals surface area contributed by atoms with Crippen LogP contribution in [-0.2, 0) is 4.79 Å². The zero-order valence-corrected chi connectivity index (χ0v) is 17.1. The predicted molar refractivity (Wildman–Crippen MR) is 116 cm³/mol. The second kappa shape index (κ2) is 11.1. The third-order valence-electron chi connectivity index (χ3n) is 5.06. The summed E-state index contributed by atoms with van der Waals surface area (Å²) in [5, 5.41) is 6.57. The maximum Gasteiger partial charge on any atom is 0.199 e. The second-order valence-corrected chi connectivity index (χ2v) is 6.67. The summed E-state index contributed by atoms with van der Waals surface area (Å²) in [6.07, 6.45) is 1.85. The molecule has 0 spiro atoms. The minimum Gasteiger partial charge on any atom is -0.412 e. The molecule has 0 saturated carbocycles. The molecule has 2 aromatic carbocycles. The molecule has 0 radical (unpaired) electrons. The molecular weight excluding hydrogens is 364 g/mol. The van der Waals surface area contributed by atoms with E-state index < -0.39 is 0 Å². The molecule has 6 heteroatoms. The Kier molecular flexibility index (Phi) is 8.49. The standard InChI is InChI=1S/C23H28N4O.H2O/c1-3-26(4-2)16-15-24-21-17-25-22(18-28)27(21)23(19-11-7-5-8-12-19)20-13-9-6-10-14-20;/h5-14,17,23-25H,3-4,15-16H2,1-2H3;1H2. The van der Waals surface area contributed by atoms with E-state index in [0.29, 0.717) is 5.82 Å². The minimum atomic E-state index is -0.124. The van der Waals surface area contributed by atoms with Gasteiger partial charge in [-0.3, -0.25) is 4.90 Å². The van der Waals surface area contributed by atoms with Crippen molar-refractivity contribution in [2.24, 2.45) is 0 Å². The number of nitrogens with zero attached hydrogens (tertiary/aromatic N) is 2. The summed E-state index contributed by atoms with van der Waals surface area (Å²) in [5.74, 6) is 3.36. The summed E-state index contributed by atoms with van der Waals surface area (Å²) in [4.78, 5) is 16.0. The summed E-state index contributed by atoms with van der Waals surface area (Å²) in [6, 6.07) is 20.3. The largest absolute Gasteiger partial charge is 0.412 e. The number of benzene rings is 2. The van der Waals surface area contributed by atoms with E-state index in [-0.39, 0.29) is 11.5 Å². The topological polar surface area (TPSA) is 79.1 Å². The van der Waals surface area contributed by atoms with Crippen molar-refractivity contribution in [1.82, 2.24) is 20.4 Å². The SMILES string of the molecule is CCN(CC)CCNC1=CNC(=C=O)N1C(c1ccccc1)c1ccccc1.O. The summed E-state index contributed by atoms with van der Waals surface area (Å²) >= 11 is 0. The summed E-state index contributed by atoms with van der Waals surface area (Å²) in [7, 11) is 0. The number of carbonyl (C=O) groups excluding carboxylic acids is 1. The first-order valence-corrected chi connectivity index (χ1v) is 9.85. The maximum atomic E-state index is 11.7. The molecule has 0 aliphatic carbocycles. The van der Waals surface area contributed by atoms with E-state index in [1.165, 1.54) is 0 Å². The van der Waals surface area contributed by atoms with Gasteiger partial charge in [0.15, 0.2) is 11.8 Å². The first-order valence-electron chi connectivity index (χ1n) is 9.85. The van der Waals surface area contributed by atoms with Crippen molar-refractivity contribution in [2.45, 2.75) is 19.9 Å². The van der Waals surface area contributed by atoms with Crippen LogP contribution in [0.5, 0.6) is 0 Å². The number of rotatable bonds is 9. The molecule has 4 N–H and O–H groups in total. The maximum absolute atomic E-state index is 11.7. The molecule has 0 bridgehead atoms. The first kappa shape index (κ1) is 22.2. The van der Waals surface area contributed by atoms with Crippen molar-refractivity contribution in [2.75, 3.05) is 26.2 Å². The highest BCUT2D eigenvalue weighted by Crippen LogP contribution is 2.34. The van der Waals surface area contributed by atoms with Crippen molar-refractivity contribution >= 4 is 5.94 Å². The number of hydrogen-bond donors (Lipinski definition) is 2. The molecule has 0 amide bonds. The molecule has 0 unspecified atom stereocenters. The van der Waals surface area contributed by atoms with Crippen LogP contribution in [0.4, 0.5) is 0 Å². The van der Waals surface area contributed by atoms with Gasteiger partial charge in [0.1, 0.15) is 5.82 Å². The van der Waals surface area contributed by atoms with Gasteiger partial charge in [-0.05, 0) is 24.2 Å². The van der Waals surface area contributed by atoms with Crippen LogP contribution >= 0.6 is 0 Å². The molecule has 29 heavy (non-hydrogen) atoms. The number of nitrogens with one attached hydrogen (secondary N) is 2. The summed E-state index contributed by atoms with van der Waals surface area (Å²) in [6.45, 7) is 8.12. The van der Waals surface area contributed by atoms with Gasteiger partial charge in [0, 0.05) is 19.3 Å². The van der Waals surface area contributed by atoms with Crippen LogP contribution in [0.15, 0.2) is 78.5 Å². The average molecular weight is 395 g/mol. The minimum absolute atomic E-state index is 0. The molecular formula is C23H30N4O2. The summed E-state index contributed by atoms with van der Waals surface area (Å²) < 4.78 is 0. The molecule has 6 nitrogen and oxygen atoms in total. The van der Waals surface area contributed by atoms with E-state index in [1.807, 2.05) is 47.5 Å². The monoisotopic (exact) mass is 394 g/mol. The molecule has 0 saturated heterocycles. The quantitative estimate of drug-likeness (QED) is 0.638. The van der Waals surface area contributed by atoms with Crippen molar-refractivity contribution in [3.05, 3.63) is 89.6 Å². The predicted octanol–water partition coefficient (Wildman–Crippen LogP) is 2.26. The van der Waals surface area contributed by atoms with Crippen LogP contribution in [0.3, 0.4) is 0 Å². The van der Waals surface area contributed by atoms with Crippen molar-refractivity contribution in [1.29, 1.82) is 0 Å². The lowest BCUT2D eigenvalue weighted by Crippen LogP contribution is -2.37. The fourth-order valence-electron chi connectivity index (χ4n) is 3.52. The Morgan fingerprint density at radius 3 is 2.03 bits per heavy atom. The van der Waals surface area contributed by atoms with E-state index in [1.54, 1.807) is 0 Å².